The third-order valence-corrected chi connectivity index (χ3v) is 3.42. The molecule has 1 spiro atoms. The van der Waals surface area contributed by atoms with Gasteiger partial charge in [0, 0.05) is 20.0 Å². The molecule has 1 saturated carbocycles. The summed E-state index contributed by atoms with van der Waals surface area (Å²) in [6.45, 7) is 1.03. The molecule has 6 nitrogen and oxygen atoms in total. The molecule has 0 aromatic rings. The van der Waals surface area contributed by atoms with E-state index in [1.807, 2.05) is 0 Å². The quantitative estimate of drug-likeness (QED) is 0.536. The Morgan fingerprint density at radius 2 is 2.12 bits per heavy atom. The third kappa shape index (κ3) is 3.08. The number of ether oxygens (including phenoxy) is 3. The van der Waals surface area contributed by atoms with Crippen LogP contribution in [0.1, 0.15) is 25.7 Å². The van der Waals surface area contributed by atoms with Crippen LogP contribution in [0, 0.1) is 0 Å². The number of hydrogen-bond donors (Lipinski definition) is 2. The van der Waals surface area contributed by atoms with Crippen LogP contribution in [-0.4, -0.2) is 44.2 Å². The third-order valence-electron chi connectivity index (χ3n) is 3.42. The van der Waals surface area contributed by atoms with E-state index < -0.39 is 5.79 Å². The van der Waals surface area contributed by atoms with Gasteiger partial charge < -0.3 is 25.7 Å². The zero-order chi connectivity index (χ0) is 12.3. The van der Waals surface area contributed by atoms with Crippen molar-refractivity contribution in [1.29, 1.82) is 0 Å². The van der Waals surface area contributed by atoms with E-state index in [4.69, 9.17) is 25.7 Å². The van der Waals surface area contributed by atoms with Crippen molar-refractivity contribution in [2.45, 2.75) is 43.7 Å². The van der Waals surface area contributed by atoms with Crippen molar-refractivity contribution < 1.29 is 14.2 Å². The Hall–Kier alpha value is -0.850. The molecule has 0 aromatic heterocycles. The summed E-state index contributed by atoms with van der Waals surface area (Å²) in [7, 11) is 1.75. The highest BCUT2D eigenvalue weighted by atomic mass is 16.7. The molecule has 1 unspecified atom stereocenters. The summed E-state index contributed by atoms with van der Waals surface area (Å²) < 4.78 is 17.1. The predicted molar refractivity (Wildman–Crippen MR) is 63.5 cm³/mol. The summed E-state index contributed by atoms with van der Waals surface area (Å²) in [5.41, 5.74) is 10.6. The zero-order valence-electron chi connectivity index (χ0n) is 10.2. The highest BCUT2D eigenvalue weighted by Gasteiger charge is 2.44. The summed E-state index contributed by atoms with van der Waals surface area (Å²) in [5.74, 6) is -0.323. The molecule has 17 heavy (non-hydrogen) atoms. The number of rotatable bonds is 3. The van der Waals surface area contributed by atoms with Gasteiger partial charge in [-0.3, -0.25) is 4.99 Å². The van der Waals surface area contributed by atoms with Gasteiger partial charge in [0.15, 0.2) is 11.7 Å². The lowest BCUT2D eigenvalue weighted by Gasteiger charge is -2.35. The summed E-state index contributed by atoms with van der Waals surface area (Å²) in [6.07, 6.45) is 4.02. The van der Waals surface area contributed by atoms with Crippen LogP contribution in [0.15, 0.2) is 4.99 Å². The Balaban J connectivity index is 1.83. The molecule has 0 aromatic carbocycles. The molecule has 0 bridgehead atoms. The molecule has 2 rings (SSSR count). The minimum absolute atomic E-state index is 0.0313. The molecule has 1 aliphatic carbocycles. The van der Waals surface area contributed by atoms with E-state index in [2.05, 4.69) is 4.99 Å². The van der Waals surface area contributed by atoms with Gasteiger partial charge in [0.1, 0.15) is 6.10 Å². The lowest BCUT2D eigenvalue weighted by Crippen LogP contribution is -2.38. The maximum atomic E-state index is 5.94. The van der Waals surface area contributed by atoms with Crippen LogP contribution < -0.4 is 11.5 Å². The number of nitrogens with zero attached hydrogens (tertiary/aromatic N) is 1. The monoisotopic (exact) mass is 243 g/mol. The molecule has 1 saturated heterocycles. The first-order valence-electron chi connectivity index (χ1n) is 6.03. The van der Waals surface area contributed by atoms with E-state index >= 15 is 0 Å². The molecule has 1 heterocycles. The molecule has 2 aliphatic rings. The van der Waals surface area contributed by atoms with Gasteiger partial charge in [-0.15, -0.1) is 0 Å². The highest BCUT2D eigenvalue weighted by molar-refractivity contribution is 5.75. The molecule has 2 fully saturated rings. The van der Waals surface area contributed by atoms with Gasteiger partial charge in [0.25, 0.3) is 0 Å². The van der Waals surface area contributed by atoms with Crippen LogP contribution in [0.2, 0.25) is 0 Å². The van der Waals surface area contributed by atoms with E-state index in [0.717, 1.165) is 25.7 Å². The first-order valence-corrected chi connectivity index (χ1v) is 6.03. The molecule has 1 aliphatic heterocycles. The minimum atomic E-state index is -0.418. The van der Waals surface area contributed by atoms with Gasteiger partial charge in [0.2, 0.25) is 0 Å². The Bertz CT molecular complexity index is 284. The van der Waals surface area contributed by atoms with Crippen LogP contribution in [0.5, 0.6) is 0 Å². The van der Waals surface area contributed by atoms with Crippen molar-refractivity contribution in [3.05, 3.63) is 0 Å². The summed E-state index contributed by atoms with van der Waals surface area (Å²) in [6, 6.07) is 0. The second-order valence-corrected chi connectivity index (χ2v) is 4.66. The number of hydrogen-bond acceptors (Lipinski definition) is 4. The second kappa shape index (κ2) is 5.20. The molecular formula is C11H21N3O3. The summed E-state index contributed by atoms with van der Waals surface area (Å²) in [5, 5.41) is 0. The van der Waals surface area contributed by atoms with E-state index in [0.29, 0.717) is 19.3 Å². The fourth-order valence-electron chi connectivity index (χ4n) is 2.44. The smallest absolute Gasteiger partial charge is 0.186 e. The van der Waals surface area contributed by atoms with Gasteiger partial charge in [-0.1, -0.05) is 0 Å². The molecular weight excluding hydrogens is 222 g/mol. The second-order valence-electron chi connectivity index (χ2n) is 4.66. The van der Waals surface area contributed by atoms with Gasteiger partial charge in [-0.05, 0) is 12.8 Å². The fraction of sp³-hybridized carbons (Fsp3) is 0.909. The van der Waals surface area contributed by atoms with Crippen LogP contribution in [0.25, 0.3) is 0 Å². The van der Waals surface area contributed by atoms with E-state index in [-0.39, 0.29) is 12.1 Å². The average molecular weight is 243 g/mol. The average Bonchev–Trinajstić information content (AvgIpc) is 2.71. The van der Waals surface area contributed by atoms with Crippen molar-refractivity contribution in [1.82, 2.24) is 0 Å². The number of aliphatic imine (C=N–C) groups is 1. The standard InChI is InChI=1S/C11H21N3O3/c1-15-8-2-4-11(5-3-8)16-7-9(17-11)6-14-10(12)13/h8-9H,2-7H2,1H3,(H4,12,13,14). The van der Waals surface area contributed by atoms with Gasteiger partial charge in [-0.25, -0.2) is 0 Å². The largest absolute Gasteiger partial charge is 0.381 e. The van der Waals surface area contributed by atoms with Gasteiger partial charge in [-0.2, -0.15) is 0 Å². The lowest BCUT2D eigenvalue weighted by atomic mass is 9.92. The Morgan fingerprint density at radius 3 is 2.71 bits per heavy atom. The van der Waals surface area contributed by atoms with Crippen molar-refractivity contribution in [2.75, 3.05) is 20.3 Å². The van der Waals surface area contributed by atoms with E-state index in [1.165, 1.54) is 0 Å². The zero-order valence-corrected chi connectivity index (χ0v) is 10.2. The van der Waals surface area contributed by atoms with Crippen LogP contribution >= 0.6 is 0 Å². The number of methoxy groups -OCH3 is 1. The Kier molecular flexibility index (Phi) is 3.86. The SMILES string of the molecule is COC1CCC2(CC1)OCC(CN=C(N)N)O2. The maximum Gasteiger partial charge on any atom is 0.186 e. The first kappa shape index (κ1) is 12.6. The molecule has 98 valence electrons. The topological polar surface area (TPSA) is 92.1 Å². The predicted octanol–water partition coefficient (Wildman–Crippen LogP) is -0.0395. The number of nitrogens with two attached hydrogens (primary N) is 2. The minimum Gasteiger partial charge on any atom is -0.381 e. The van der Waals surface area contributed by atoms with Crippen LogP contribution in [0.4, 0.5) is 0 Å². The molecule has 1 atom stereocenters. The maximum absolute atomic E-state index is 5.94. The van der Waals surface area contributed by atoms with Gasteiger partial charge >= 0.3 is 0 Å². The lowest BCUT2D eigenvalue weighted by molar-refractivity contribution is -0.198. The molecule has 4 N–H and O–H groups in total. The summed E-state index contributed by atoms with van der Waals surface area (Å²) in [4.78, 5) is 3.96. The van der Waals surface area contributed by atoms with Crippen molar-refractivity contribution in [2.24, 2.45) is 16.5 Å². The fourth-order valence-corrected chi connectivity index (χ4v) is 2.44. The van der Waals surface area contributed by atoms with Crippen molar-refractivity contribution in [3.63, 3.8) is 0 Å². The first-order chi connectivity index (χ1) is 8.13. The molecule has 0 amide bonds. The van der Waals surface area contributed by atoms with Crippen molar-refractivity contribution >= 4 is 5.96 Å². The van der Waals surface area contributed by atoms with E-state index in [9.17, 15) is 0 Å². The van der Waals surface area contributed by atoms with E-state index in [1.54, 1.807) is 7.11 Å². The van der Waals surface area contributed by atoms with Crippen LogP contribution in [0.3, 0.4) is 0 Å². The Labute approximate surface area is 101 Å². The highest BCUT2D eigenvalue weighted by Crippen LogP contribution is 2.38. The number of guanidine groups is 1. The summed E-state index contributed by atoms with van der Waals surface area (Å²) >= 11 is 0. The molecule has 0 radical (unpaired) electrons. The van der Waals surface area contributed by atoms with Crippen LogP contribution in [-0.2, 0) is 14.2 Å². The normalized spacial score (nSPS) is 37.2. The van der Waals surface area contributed by atoms with Gasteiger partial charge in [0.05, 0.1) is 19.3 Å². The molecule has 6 heteroatoms. The Morgan fingerprint density at radius 1 is 1.41 bits per heavy atom. The van der Waals surface area contributed by atoms with Crippen molar-refractivity contribution in [3.8, 4) is 0 Å².